The number of carbonyl (C=O) groups is 1. The van der Waals surface area contributed by atoms with E-state index in [1.807, 2.05) is 29.2 Å². The second-order valence-corrected chi connectivity index (χ2v) is 7.10. The predicted molar refractivity (Wildman–Crippen MR) is 96.7 cm³/mol. The van der Waals surface area contributed by atoms with Crippen LogP contribution in [0.4, 0.5) is 4.39 Å². The summed E-state index contributed by atoms with van der Waals surface area (Å²) in [6.07, 6.45) is 0. The number of halogens is 3. The molecule has 1 fully saturated rings. The molecule has 0 saturated carbocycles. The van der Waals surface area contributed by atoms with E-state index in [0.717, 1.165) is 4.47 Å². The lowest BCUT2D eigenvalue weighted by molar-refractivity contribution is 0.0627. The van der Waals surface area contributed by atoms with Gasteiger partial charge in [-0.2, -0.15) is 0 Å². The first kappa shape index (κ1) is 17.4. The van der Waals surface area contributed by atoms with Gasteiger partial charge in [0, 0.05) is 53.3 Å². The van der Waals surface area contributed by atoms with Crippen LogP contribution < -0.4 is 0 Å². The summed E-state index contributed by atoms with van der Waals surface area (Å²) in [6.45, 7) is 3.12. The largest absolute Gasteiger partial charge is 0.336 e. The van der Waals surface area contributed by atoms with Gasteiger partial charge >= 0.3 is 0 Å². The van der Waals surface area contributed by atoms with Crippen LogP contribution in [0.25, 0.3) is 0 Å². The Hall–Kier alpha value is -1.43. The lowest BCUT2D eigenvalue weighted by Gasteiger charge is -2.35. The number of hydrogen-bond acceptors (Lipinski definition) is 2. The molecule has 1 amide bonds. The van der Waals surface area contributed by atoms with E-state index >= 15 is 0 Å². The number of nitrogens with zero attached hydrogens (tertiary/aromatic N) is 2. The average Bonchev–Trinajstić information content (AvgIpc) is 2.59. The lowest BCUT2D eigenvalue weighted by atomic mass is 10.1. The zero-order chi connectivity index (χ0) is 17.1. The van der Waals surface area contributed by atoms with Crippen molar-refractivity contribution >= 4 is 33.4 Å². The Kier molecular flexibility index (Phi) is 5.54. The van der Waals surface area contributed by atoms with Gasteiger partial charge in [0.2, 0.25) is 0 Å². The minimum absolute atomic E-state index is 0.0334. The molecule has 1 aliphatic heterocycles. The molecular weight excluding hydrogens is 395 g/mol. The van der Waals surface area contributed by atoms with Crippen LogP contribution in [0.2, 0.25) is 5.02 Å². The monoisotopic (exact) mass is 410 g/mol. The first-order valence-corrected chi connectivity index (χ1v) is 8.92. The van der Waals surface area contributed by atoms with Gasteiger partial charge in [-0.15, -0.1) is 0 Å². The molecule has 2 aromatic rings. The van der Waals surface area contributed by atoms with E-state index in [2.05, 4.69) is 20.8 Å². The molecule has 24 heavy (non-hydrogen) atoms. The summed E-state index contributed by atoms with van der Waals surface area (Å²) in [5.74, 6) is -0.248. The number of benzene rings is 2. The molecule has 2 aromatic carbocycles. The lowest BCUT2D eigenvalue weighted by Crippen LogP contribution is -2.48. The van der Waals surface area contributed by atoms with Crippen molar-refractivity contribution in [1.82, 2.24) is 9.80 Å². The van der Waals surface area contributed by atoms with E-state index in [-0.39, 0.29) is 11.7 Å². The molecule has 3 nitrogen and oxygen atoms in total. The fraction of sp³-hybridized carbons (Fsp3) is 0.278. The van der Waals surface area contributed by atoms with Crippen molar-refractivity contribution in [1.29, 1.82) is 0 Å². The standard InChI is InChI=1S/C18H17BrClFN2O/c19-14-6-4-13(5-7-14)18(24)23-10-8-22(9-11-23)12-15-16(20)2-1-3-17(15)21/h1-7H,8-12H2. The molecule has 0 unspecified atom stereocenters. The maximum Gasteiger partial charge on any atom is 0.253 e. The molecule has 1 saturated heterocycles. The van der Waals surface area contributed by atoms with Gasteiger partial charge < -0.3 is 4.90 Å². The molecule has 3 rings (SSSR count). The zero-order valence-electron chi connectivity index (χ0n) is 13.0. The first-order valence-electron chi connectivity index (χ1n) is 7.74. The maximum atomic E-state index is 13.9. The zero-order valence-corrected chi connectivity index (χ0v) is 15.4. The minimum atomic E-state index is -0.282. The third-order valence-corrected chi connectivity index (χ3v) is 5.08. The van der Waals surface area contributed by atoms with Gasteiger partial charge in [-0.05, 0) is 36.4 Å². The van der Waals surface area contributed by atoms with Gasteiger partial charge in [0.05, 0.1) is 0 Å². The normalized spacial score (nSPS) is 15.5. The van der Waals surface area contributed by atoms with E-state index < -0.39 is 0 Å². The van der Waals surface area contributed by atoms with Crippen LogP contribution in [0.3, 0.4) is 0 Å². The van der Waals surface area contributed by atoms with E-state index in [4.69, 9.17) is 11.6 Å². The van der Waals surface area contributed by atoms with E-state index in [0.29, 0.717) is 48.9 Å². The van der Waals surface area contributed by atoms with Crippen molar-refractivity contribution < 1.29 is 9.18 Å². The number of piperazine rings is 1. The predicted octanol–water partition coefficient (Wildman–Crippen LogP) is 4.20. The second kappa shape index (κ2) is 7.64. The highest BCUT2D eigenvalue weighted by atomic mass is 79.9. The molecule has 0 spiro atoms. The summed E-state index contributed by atoms with van der Waals surface area (Å²) >= 11 is 9.45. The average molecular weight is 412 g/mol. The summed E-state index contributed by atoms with van der Waals surface area (Å²) in [5, 5.41) is 0.448. The van der Waals surface area contributed by atoms with Crippen LogP contribution in [0, 0.1) is 5.82 Å². The highest BCUT2D eigenvalue weighted by Crippen LogP contribution is 2.21. The third kappa shape index (κ3) is 3.97. The van der Waals surface area contributed by atoms with Crippen LogP contribution in [0.1, 0.15) is 15.9 Å². The van der Waals surface area contributed by atoms with Crippen molar-refractivity contribution in [2.75, 3.05) is 26.2 Å². The summed E-state index contributed by atoms with van der Waals surface area (Å²) in [4.78, 5) is 16.5. The molecule has 0 bridgehead atoms. The number of carbonyl (C=O) groups excluding carboxylic acids is 1. The van der Waals surface area contributed by atoms with Crippen molar-refractivity contribution in [2.45, 2.75) is 6.54 Å². The SMILES string of the molecule is O=C(c1ccc(Br)cc1)N1CCN(Cc2c(F)cccc2Cl)CC1. The number of amides is 1. The Morgan fingerprint density at radius 3 is 2.38 bits per heavy atom. The second-order valence-electron chi connectivity index (χ2n) is 5.78. The Bertz CT molecular complexity index is 710. The fourth-order valence-corrected chi connectivity index (χ4v) is 3.28. The maximum absolute atomic E-state index is 13.9. The van der Waals surface area contributed by atoms with E-state index in [1.54, 1.807) is 12.1 Å². The first-order chi connectivity index (χ1) is 11.5. The molecule has 0 aromatic heterocycles. The van der Waals surface area contributed by atoms with Gasteiger partial charge in [-0.3, -0.25) is 9.69 Å². The van der Waals surface area contributed by atoms with E-state index in [9.17, 15) is 9.18 Å². The molecule has 0 radical (unpaired) electrons. The van der Waals surface area contributed by atoms with Crippen molar-refractivity contribution in [3.05, 3.63) is 68.9 Å². The summed E-state index contributed by atoms with van der Waals surface area (Å²) < 4.78 is 14.8. The van der Waals surface area contributed by atoms with Crippen LogP contribution >= 0.6 is 27.5 Å². The van der Waals surface area contributed by atoms with E-state index in [1.165, 1.54) is 6.07 Å². The molecular formula is C18H17BrClFN2O. The third-order valence-electron chi connectivity index (χ3n) is 4.19. The van der Waals surface area contributed by atoms with Crippen LogP contribution in [0.5, 0.6) is 0 Å². The fourth-order valence-electron chi connectivity index (χ4n) is 2.79. The van der Waals surface area contributed by atoms with Crippen LogP contribution in [-0.2, 0) is 6.54 Å². The smallest absolute Gasteiger partial charge is 0.253 e. The summed E-state index contributed by atoms with van der Waals surface area (Å²) in [5.41, 5.74) is 1.20. The van der Waals surface area contributed by atoms with Gasteiger partial charge in [-0.1, -0.05) is 33.6 Å². The molecule has 1 heterocycles. The Morgan fingerprint density at radius 2 is 1.75 bits per heavy atom. The number of rotatable bonds is 3. The molecule has 0 N–H and O–H groups in total. The van der Waals surface area contributed by atoms with Gasteiger partial charge in [0.1, 0.15) is 5.82 Å². The van der Waals surface area contributed by atoms with Crippen LogP contribution in [0.15, 0.2) is 46.9 Å². The Morgan fingerprint density at radius 1 is 1.08 bits per heavy atom. The van der Waals surface area contributed by atoms with Crippen molar-refractivity contribution in [2.24, 2.45) is 0 Å². The highest BCUT2D eigenvalue weighted by molar-refractivity contribution is 9.10. The topological polar surface area (TPSA) is 23.6 Å². The Labute approximate surface area is 154 Å². The molecule has 1 aliphatic rings. The summed E-state index contributed by atoms with van der Waals surface area (Å²) in [6, 6.07) is 12.1. The molecule has 6 heteroatoms. The van der Waals surface area contributed by atoms with Gasteiger partial charge in [-0.25, -0.2) is 4.39 Å². The van der Waals surface area contributed by atoms with Crippen LogP contribution in [-0.4, -0.2) is 41.9 Å². The highest BCUT2D eigenvalue weighted by Gasteiger charge is 2.23. The molecule has 126 valence electrons. The molecule has 0 aliphatic carbocycles. The van der Waals surface area contributed by atoms with Crippen molar-refractivity contribution in [3.8, 4) is 0 Å². The van der Waals surface area contributed by atoms with Gasteiger partial charge in [0.15, 0.2) is 0 Å². The number of hydrogen-bond donors (Lipinski definition) is 0. The quantitative estimate of drug-likeness (QED) is 0.756. The van der Waals surface area contributed by atoms with Crippen molar-refractivity contribution in [3.63, 3.8) is 0 Å². The minimum Gasteiger partial charge on any atom is -0.336 e. The summed E-state index contributed by atoms with van der Waals surface area (Å²) in [7, 11) is 0. The molecule has 0 atom stereocenters. The Balaban J connectivity index is 1.59. The van der Waals surface area contributed by atoms with Gasteiger partial charge in [0.25, 0.3) is 5.91 Å².